The largest absolute Gasteiger partial charge is 0.496 e. The van der Waals surface area contributed by atoms with Crippen molar-refractivity contribution in [3.05, 3.63) is 29.3 Å². The van der Waals surface area contributed by atoms with Gasteiger partial charge in [-0.25, -0.2) is 0 Å². The molecule has 1 aliphatic heterocycles. The molecule has 1 fully saturated rings. The quantitative estimate of drug-likeness (QED) is 0.870. The van der Waals surface area contributed by atoms with Crippen LogP contribution in [0, 0.1) is 0 Å². The Morgan fingerprint density at radius 2 is 2.12 bits per heavy atom. The van der Waals surface area contributed by atoms with Crippen LogP contribution in [0.5, 0.6) is 5.75 Å². The van der Waals surface area contributed by atoms with Gasteiger partial charge in [-0.1, -0.05) is 26.0 Å². The summed E-state index contributed by atoms with van der Waals surface area (Å²) in [6.07, 6.45) is 0. The van der Waals surface area contributed by atoms with E-state index >= 15 is 0 Å². The number of benzene rings is 1. The van der Waals surface area contributed by atoms with Crippen molar-refractivity contribution in [1.29, 1.82) is 0 Å². The maximum absolute atomic E-state index is 9.55. The van der Waals surface area contributed by atoms with E-state index in [4.69, 9.17) is 9.47 Å². The zero-order valence-electron chi connectivity index (χ0n) is 10.7. The van der Waals surface area contributed by atoms with E-state index in [-0.39, 0.29) is 12.0 Å². The van der Waals surface area contributed by atoms with Gasteiger partial charge in [0.15, 0.2) is 0 Å². The number of ether oxygens (including phenoxy) is 2. The van der Waals surface area contributed by atoms with E-state index in [1.807, 2.05) is 0 Å². The Hall–Kier alpha value is -1.06. The van der Waals surface area contributed by atoms with Crippen LogP contribution < -0.4 is 4.74 Å². The van der Waals surface area contributed by atoms with Gasteiger partial charge in [0.05, 0.1) is 32.3 Å². The van der Waals surface area contributed by atoms with Crippen LogP contribution in [-0.2, 0) is 10.2 Å². The van der Waals surface area contributed by atoms with Gasteiger partial charge >= 0.3 is 0 Å². The smallest absolute Gasteiger partial charge is 0.123 e. The molecule has 0 radical (unpaired) electrons. The first-order valence-electron chi connectivity index (χ1n) is 6.00. The fraction of sp³-hybridized carbons (Fsp3) is 0.571. The number of rotatable bonds is 4. The zero-order valence-corrected chi connectivity index (χ0v) is 10.7. The summed E-state index contributed by atoms with van der Waals surface area (Å²) in [4.78, 5) is 0. The standard InChI is InChI=1S/C14H20O3/c1-10(2)11-4-5-12(13(6-11)16-3)14(7-15)8-17-9-14/h4-6,10,15H,7-9H2,1-3H3. The Labute approximate surface area is 102 Å². The Morgan fingerprint density at radius 1 is 1.41 bits per heavy atom. The fourth-order valence-corrected chi connectivity index (χ4v) is 2.19. The molecule has 1 aromatic rings. The van der Waals surface area contributed by atoms with Crippen LogP contribution in [0.25, 0.3) is 0 Å². The molecule has 1 N–H and O–H groups in total. The van der Waals surface area contributed by atoms with Crippen LogP contribution >= 0.6 is 0 Å². The van der Waals surface area contributed by atoms with Crippen LogP contribution in [0.3, 0.4) is 0 Å². The number of methoxy groups -OCH3 is 1. The van der Waals surface area contributed by atoms with Crippen molar-refractivity contribution in [3.8, 4) is 5.75 Å². The van der Waals surface area contributed by atoms with E-state index in [1.54, 1.807) is 7.11 Å². The highest BCUT2D eigenvalue weighted by Gasteiger charge is 2.41. The molecule has 17 heavy (non-hydrogen) atoms. The number of hydrogen-bond donors (Lipinski definition) is 1. The molecule has 1 aromatic carbocycles. The number of hydrogen-bond acceptors (Lipinski definition) is 3. The lowest BCUT2D eigenvalue weighted by Crippen LogP contribution is -2.49. The molecule has 0 bridgehead atoms. The molecule has 1 heterocycles. The average molecular weight is 236 g/mol. The summed E-state index contributed by atoms with van der Waals surface area (Å²) in [5, 5.41) is 9.55. The van der Waals surface area contributed by atoms with Crippen molar-refractivity contribution < 1.29 is 14.6 Å². The van der Waals surface area contributed by atoms with Gasteiger partial charge < -0.3 is 14.6 Å². The summed E-state index contributed by atoms with van der Waals surface area (Å²) in [5.74, 6) is 1.33. The van der Waals surface area contributed by atoms with Gasteiger partial charge in [0.2, 0.25) is 0 Å². The molecular weight excluding hydrogens is 216 g/mol. The molecule has 1 saturated heterocycles. The minimum Gasteiger partial charge on any atom is -0.496 e. The molecule has 1 aliphatic rings. The Kier molecular flexibility index (Phi) is 3.40. The molecule has 3 heteroatoms. The van der Waals surface area contributed by atoms with Gasteiger partial charge in [-0.3, -0.25) is 0 Å². The summed E-state index contributed by atoms with van der Waals surface area (Å²) in [6.45, 7) is 5.55. The molecule has 94 valence electrons. The van der Waals surface area contributed by atoms with Crippen LogP contribution in [0.15, 0.2) is 18.2 Å². The molecule has 0 saturated carbocycles. The van der Waals surface area contributed by atoms with Crippen molar-refractivity contribution in [2.24, 2.45) is 0 Å². The highest BCUT2D eigenvalue weighted by molar-refractivity contribution is 5.44. The van der Waals surface area contributed by atoms with Gasteiger partial charge in [-0.05, 0) is 17.5 Å². The average Bonchev–Trinajstić information content (AvgIpc) is 2.28. The Morgan fingerprint density at radius 3 is 2.53 bits per heavy atom. The summed E-state index contributed by atoms with van der Waals surface area (Å²) in [6, 6.07) is 6.24. The second-order valence-electron chi connectivity index (χ2n) is 5.05. The molecule has 0 aliphatic carbocycles. The molecule has 2 rings (SSSR count). The van der Waals surface area contributed by atoms with Crippen molar-refractivity contribution in [3.63, 3.8) is 0 Å². The van der Waals surface area contributed by atoms with E-state index in [1.165, 1.54) is 5.56 Å². The Balaban J connectivity index is 2.40. The molecule has 0 spiro atoms. The minimum absolute atomic E-state index is 0.102. The lowest BCUT2D eigenvalue weighted by Gasteiger charge is -2.41. The van der Waals surface area contributed by atoms with Gasteiger partial charge in [-0.15, -0.1) is 0 Å². The van der Waals surface area contributed by atoms with Crippen LogP contribution in [0.1, 0.15) is 30.9 Å². The lowest BCUT2D eigenvalue weighted by molar-refractivity contribution is -0.0849. The van der Waals surface area contributed by atoms with Crippen molar-refractivity contribution >= 4 is 0 Å². The molecule has 0 atom stereocenters. The van der Waals surface area contributed by atoms with Crippen molar-refractivity contribution in [2.45, 2.75) is 25.2 Å². The van der Waals surface area contributed by atoms with Crippen LogP contribution in [-0.4, -0.2) is 32.0 Å². The number of aliphatic hydroxyl groups is 1. The zero-order chi connectivity index (χ0) is 12.5. The summed E-state index contributed by atoms with van der Waals surface area (Å²) in [5.41, 5.74) is 2.04. The van der Waals surface area contributed by atoms with Gasteiger partial charge in [-0.2, -0.15) is 0 Å². The normalized spacial score (nSPS) is 17.9. The van der Waals surface area contributed by atoms with Crippen molar-refractivity contribution in [1.82, 2.24) is 0 Å². The van der Waals surface area contributed by atoms with E-state index < -0.39 is 0 Å². The van der Waals surface area contributed by atoms with Gasteiger partial charge in [0, 0.05) is 5.56 Å². The summed E-state index contributed by atoms with van der Waals surface area (Å²) < 4.78 is 10.7. The van der Waals surface area contributed by atoms with E-state index in [2.05, 4.69) is 32.0 Å². The van der Waals surface area contributed by atoms with E-state index in [0.29, 0.717) is 19.1 Å². The highest BCUT2D eigenvalue weighted by Crippen LogP contribution is 2.38. The Bertz CT molecular complexity index is 389. The first kappa shape index (κ1) is 12.4. The second-order valence-corrected chi connectivity index (χ2v) is 5.05. The summed E-state index contributed by atoms with van der Waals surface area (Å²) >= 11 is 0. The predicted octanol–water partition coefficient (Wildman–Crippen LogP) is 2.08. The van der Waals surface area contributed by atoms with Crippen molar-refractivity contribution in [2.75, 3.05) is 26.9 Å². The third kappa shape index (κ3) is 2.05. The third-order valence-electron chi connectivity index (χ3n) is 3.52. The second kappa shape index (κ2) is 4.67. The predicted molar refractivity (Wildman–Crippen MR) is 66.7 cm³/mol. The van der Waals surface area contributed by atoms with Crippen LogP contribution in [0.4, 0.5) is 0 Å². The first-order chi connectivity index (χ1) is 8.13. The molecule has 3 nitrogen and oxygen atoms in total. The molecule has 0 aromatic heterocycles. The lowest BCUT2D eigenvalue weighted by atomic mass is 9.78. The van der Waals surface area contributed by atoms with E-state index in [9.17, 15) is 5.11 Å². The first-order valence-corrected chi connectivity index (χ1v) is 6.00. The van der Waals surface area contributed by atoms with E-state index in [0.717, 1.165) is 11.3 Å². The monoisotopic (exact) mass is 236 g/mol. The van der Waals surface area contributed by atoms with Gasteiger partial charge in [0.1, 0.15) is 5.75 Å². The fourth-order valence-electron chi connectivity index (χ4n) is 2.19. The maximum Gasteiger partial charge on any atom is 0.123 e. The van der Waals surface area contributed by atoms with Gasteiger partial charge in [0.25, 0.3) is 0 Å². The highest BCUT2D eigenvalue weighted by atomic mass is 16.5. The minimum atomic E-state index is -0.263. The SMILES string of the molecule is COc1cc(C(C)C)ccc1C1(CO)COC1. The third-order valence-corrected chi connectivity index (χ3v) is 3.52. The van der Waals surface area contributed by atoms with Crippen LogP contribution in [0.2, 0.25) is 0 Å². The molecular formula is C14H20O3. The summed E-state index contributed by atoms with van der Waals surface area (Å²) in [7, 11) is 1.67. The molecule has 0 amide bonds. The number of aliphatic hydroxyl groups excluding tert-OH is 1. The molecule has 0 unspecified atom stereocenters. The maximum atomic E-state index is 9.55. The topological polar surface area (TPSA) is 38.7 Å².